The number of fused-ring (bicyclic) bond motifs is 1. The van der Waals surface area contributed by atoms with Crippen molar-refractivity contribution >= 4 is 27.1 Å². The summed E-state index contributed by atoms with van der Waals surface area (Å²) in [5, 5.41) is 0.724. The van der Waals surface area contributed by atoms with Crippen molar-refractivity contribution in [3.63, 3.8) is 0 Å². The van der Waals surface area contributed by atoms with Crippen LogP contribution in [0, 0.1) is 0 Å². The quantitative estimate of drug-likeness (QED) is 0.679. The standard InChI is InChI=1S/C17H15NO5S/c1-22-24(20,21)15-8-7-14-9-10-18(16(14)11-15)17(19)23-12-13-5-3-2-4-6-13/h2-11H,12H2,1H3. The summed E-state index contributed by atoms with van der Waals surface area (Å²) in [5.41, 5.74) is 1.30. The first-order valence-electron chi connectivity index (χ1n) is 7.14. The Balaban J connectivity index is 1.89. The van der Waals surface area contributed by atoms with Crippen LogP contribution >= 0.6 is 0 Å². The molecule has 0 N–H and O–H groups in total. The minimum absolute atomic E-state index is 0.0201. The average Bonchev–Trinajstić information content (AvgIpc) is 3.04. The number of hydrogen-bond acceptors (Lipinski definition) is 5. The topological polar surface area (TPSA) is 74.6 Å². The van der Waals surface area contributed by atoms with Crippen LogP contribution in [0.15, 0.2) is 65.7 Å². The zero-order chi connectivity index (χ0) is 17.2. The Morgan fingerprint density at radius 2 is 1.83 bits per heavy atom. The molecular weight excluding hydrogens is 330 g/mol. The predicted octanol–water partition coefficient (Wildman–Crippen LogP) is 3.16. The third-order valence-electron chi connectivity index (χ3n) is 3.57. The van der Waals surface area contributed by atoms with Crippen molar-refractivity contribution < 1.29 is 22.1 Å². The molecule has 24 heavy (non-hydrogen) atoms. The summed E-state index contributed by atoms with van der Waals surface area (Å²) < 4.78 is 34.7. The molecule has 0 bridgehead atoms. The van der Waals surface area contributed by atoms with E-state index < -0.39 is 16.2 Å². The highest BCUT2D eigenvalue weighted by molar-refractivity contribution is 7.86. The molecule has 0 aliphatic heterocycles. The van der Waals surface area contributed by atoms with Crippen molar-refractivity contribution in [2.24, 2.45) is 0 Å². The number of ether oxygens (including phenoxy) is 1. The van der Waals surface area contributed by atoms with Crippen LogP contribution in [-0.2, 0) is 25.6 Å². The highest BCUT2D eigenvalue weighted by Gasteiger charge is 2.16. The van der Waals surface area contributed by atoms with Gasteiger partial charge in [-0.2, -0.15) is 8.42 Å². The van der Waals surface area contributed by atoms with Crippen LogP contribution < -0.4 is 0 Å². The number of rotatable bonds is 4. The second kappa shape index (κ2) is 6.46. The maximum Gasteiger partial charge on any atom is 0.418 e. The maximum absolute atomic E-state index is 12.3. The lowest BCUT2D eigenvalue weighted by Gasteiger charge is -2.07. The summed E-state index contributed by atoms with van der Waals surface area (Å²) >= 11 is 0. The molecular formula is C17H15NO5S. The number of carbonyl (C=O) groups is 1. The molecule has 0 radical (unpaired) electrons. The van der Waals surface area contributed by atoms with Gasteiger partial charge in [0.15, 0.2) is 0 Å². The normalized spacial score (nSPS) is 11.5. The average molecular weight is 345 g/mol. The fraction of sp³-hybridized carbons (Fsp3) is 0.118. The van der Waals surface area contributed by atoms with Crippen LogP contribution in [-0.4, -0.2) is 26.2 Å². The van der Waals surface area contributed by atoms with E-state index in [9.17, 15) is 13.2 Å². The third-order valence-corrected chi connectivity index (χ3v) is 4.84. The van der Waals surface area contributed by atoms with Crippen molar-refractivity contribution in [2.45, 2.75) is 11.5 Å². The van der Waals surface area contributed by atoms with Gasteiger partial charge in [0.2, 0.25) is 0 Å². The third kappa shape index (κ3) is 3.17. The lowest BCUT2D eigenvalue weighted by Crippen LogP contribution is -2.12. The van der Waals surface area contributed by atoms with E-state index >= 15 is 0 Å². The molecule has 0 atom stereocenters. The molecule has 0 aliphatic rings. The largest absolute Gasteiger partial charge is 0.444 e. The second-order valence-corrected chi connectivity index (χ2v) is 6.78. The summed E-state index contributed by atoms with van der Waals surface area (Å²) in [6.07, 6.45) is 0.960. The Morgan fingerprint density at radius 1 is 1.08 bits per heavy atom. The molecule has 1 heterocycles. The van der Waals surface area contributed by atoms with E-state index in [1.54, 1.807) is 18.3 Å². The molecule has 2 aromatic carbocycles. The van der Waals surface area contributed by atoms with Gasteiger partial charge in [-0.3, -0.25) is 8.75 Å². The first-order valence-corrected chi connectivity index (χ1v) is 8.55. The van der Waals surface area contributed by atoms with E-state index in [1.165, 1.54) is 16.7 Å². The molecule has 0 fully saturated rings. The lowest BCUT2D eigenvalue weighted by atomic mass is 10.2. The molecule has 124 valence electrons. The van der Waals surface area contributed by atoms with Gasteiger partial charge in [-0.15, -0.1) is 0 Å². The van der Waals surface area contributed by atoms with E-state index in [4.69, 9.17) is 4.74 Å². The van der Waals surface area contributed by atoms with Crippen molar-refractivity contribution in [1.82, 2.24) is 4.57 Å². The number of carbonyl (C=O) groups excluding carboxylic acids is 1. The molecule has 7 heteroatoms. The van der Waals surface area contributed by atoms with Crippen molar-refractivity contribution in [3.8, 4) is 0 Å². The molecule has 0 amide bonds. The monoisotopic (exact) mass is 345 g/mol. The van der Waals surface area contributed by atoms with E-state index in [1.807, 2.05) is 30.3 Å². The van der Waals surface area contributed by atoms with Crippen LogP contribution in [0.5, 0.6) is 0 Å². The molecule has 0 saturated carbocycles. The fourth-order valence-electron chi connectivity index (χ4n) is 2.31. The van der Waals surface area contributed by atoms with Crippen LogP contribution in [0.4, 0.5) is 4.79 Å². The van der Waals surface area contributed by atoms with Gasteiger partial charge in [0.05, 0.1) is 17.5 Å². The van der Waals surface area contributed by atoms with Gasteiger partial charge < -0.3 is 4.74 Å². The summed E-state index contributed by atoms with van der Waals surface area (Å²) in [4.78, 5) is 12.3. The molecule has 3 rings (SSSR count). The van der Waals surface area contributed by atoms with E-state index in [2.05, 4.69) is 4.18 Å². The molecule has 0 unspecified atom stereocenters. The van der Waals surface area contributed by atoms with Crippen LogP contribution in [0.2, 0.25) is 0 Å². The molecule has 0 saturated heterocycles. The van der Waals surface area contributed by atoms with E-state index in [0.717, 1.165) is 18.1 Å². The van der Waals surface area contributed by atoms with Gasteiger partial charge in [-0.05, 0) is 23.8 Å². The van der Waals surface area contributed by atoms with Gasteiger partial charge in [0, 0.05) is 11.6 Å². The SMILES string of the molecule is COS(=O)(=O)c1ccc2ccn(C(=O)OCc3ccccc3)c2c1. The number of aromatic nitrogens is 1. The maximum atomic E-state index is 12.3. The summed E-state index contributed by atoms with van der Waals surface area (Å²) in [6.45, 7) is 0.134. The first kappa shape index (κ1) is 16.2. The van der Waals surface area contributed by atoms with Gasteiger partial charge in [0.25, 0.3) is 10.1 Å². The van der Waals surface area contributed by atoms with E-state index in [-0.39, 0.29) is 11.5 Å². The van der Waals surface area contributed by atoms with Gasteiger partial charge >= 0.3 is 6.09 Å². The van der Waals surface area contributed by atoms with E-state index in [0.29, 0.717) is 5.52 Å². The molecule has 3 aromatic rings. The van der Waals surface area contributed by atoms with Gasteiger partial charge in [0.1, 0.15) is 6.61 Å². The van der Waals surface area contributed by atoms with Crippen LogP contribution in [0.3, 0.4) is 0 Å². The minimum Gasteiger partial charge on any atom is -0.444 e. The van der Waals surface area contributed by atoms with Crippen molar-refractivity contribution in [3.05, 3.63) is 66.4 Å². The minimum atomic E-state index is -3.83. The Kier molecular flexibility index (Phi) is 4.37. The molecule has 6 nitrogen and oxygen atoms in total. The van der Waals surface area contributed by atoms with Crippen LogP contribution in [0.25, 0.3) is 10.9 Å². The second-order valence-electron chi connectivity index (χ2n) is 5.07. The van der Waals surface area contributed by atoms with Crippen molar-refractivity contribution in [2.75, 3.05) is 7.11 Å². The first-order chi connectivity index (χ1) is 11.5. The van der Waals surface area contributed by atoms with Gasteiger partial charge in [-0.25, -0.2) is 4.79 Å². The lowest BCUT2D eigenvalue weighted by molar-refractivity contribution is 0.142. The molecule has 0 spiro atoms. The summed E-state index contributed by atoms with van der Waals surface area (Å²) in [6, 6.07) is 15.4. The van der Waals surface area contributed by atoms with Gasteiger partial charge in [-0.1, -0.05) is 36.4 Å². The summed E-state index contributed by atoms with van der Waals surface area (Å²) in [7, 11) is -2.74. The predicted molar refractivity (Wildman–Crippen MR) is 88.2 cm³/mol. The van der Waals surface area contributed by atoms with Crippen LogP contribution in [0.1, 0.15) is 5.56 Å². The highest BCUT2D eigenvalue weighted by atomic mass is 32.2. The summed E-state index contributed by atoms with van der Waals surface area (Å²) in [5.74, 6) is 0. The zero-order valence-corrected chi connectivity index (χ0v) is 13.7. The highest BCUT2D eigenvalue weighted by Crippen LogP contribution is 2.22. The molecule has 1 aromatic heterocycles. The Bertz CT molecular complexity index is 977. The Morgan fingerprint density at radius 3 is 2.54 bits per heavy atom. The Hall–Kier alpha value is -2.64. The van der Waals surface area contributed by atoms with Crippen molar-refractivity contribution in [1.29, 1.82) is 0 Å². The smallest absolute Gasteiger partial charge is 0.418 e. The fourth-order valence-corrected chi connectivity index (χ4v) is 2.99. The number of hydrogen-bond donors (Lipinski definition) is 0. The Labute approximate surface area is 139 Å². The number of nitrogens with zero attached hydrogens (tertiary/aromatic N) is 1. The number of benzene rings is 2. The molecule has 0 aliphatic carbocycles. The zero-order valence-electron chi connectivity index (χ0n) is 12.9.